The zero-order chi connectivity index (χ0) is 12.3. The predicted molar refractivity (Wildman–Crippen MR) is 71.6 cm³/mol. The van der Waals surface area contributed by atoms with E-state index in [-0.39, 0.29) is 6.10 Å². The smallest absolute Gasteiger partial charge is 0.0595 e. The molecular weight excluding hydrogens is 257 g/mol. The van der Waals surface area contributed by atoms with E-state index >= 15 is 0 Å². The van der Waals surface area contributed by atoms with E-state index in [4.69, 9.17) is 23.2 Å². The van der Waals surface area contributed by atoms with Gasteiger partial charge < -0.3 is 10.4 Å². The largest absolute Gasteiger partial charge is 0.393 e. The van der Waals surface area contributed by atoms with Crippen LogP contribution in [0.4, 0.5) is 0 Å². The Bertz CT molecular complexity index is 384. The fourth-order valence-corrected chi connectivity index (χ4v) is 2.58. The van der Waals surface area contributed by atoms with Crippen molar-refractivity contribution in [1.29, 1.82) is 0 Å². The highest BCUT2D eigenvalue weighted by atomic mass is 35.5. The molecule has 2 rings (SSSR count). The number of nitrogens with one attached hydrogen (secondary N) is 1. The predicted octanol–water partition coefficient (Wildman–Crippen LogP) is 3.39. The van der Waals surface area contributed by atoms with Crippen LogP contribution in [0.5, 0.6) is 0 Å². The molecule has 1 aliphatic rings. The monoisotopic (exact) mass is 273 g/mol. The van der Waals surface area contributed by atoms with Gasteiger partial charge in [0.1, 0.15) is 0 Å². The van der Waals surface area contributed by atoms with Gasteiger partial charge in [-0.3, -0.25) is 0 Å². The Labute approximate surface area is 112 Å². The summed E-state index contributed by atoms with van der Waals surface area (Å²) in [6.07, 6.45) is 3.88. The van der Waals surface area contributed by atoms with Gasteiger partial charge in [0, 0.05) is 12.6 Å². The van der Waals surface area contributed by atoms with Crippen molar-refractivity contribution >= 4 is 23.2 Å². The first-order valence-corrected chi connectivity index (χ1v) is 6.76. The summed E-state index contributed by atoms with van der Waals surface area (Å²) in [6, 6.07) is 6.08. The van der Waals surface area contributed by atoms with E-state index < -0.39 is 0 Å². The van der Waals surface area contributed by atoms with Gasteiger partial charge in [-0.1, -0.05) is 29.3 Å². The molecule has 2 nitrogen and oxygen atoms in total. The maximum absolute atomic E-state index is 9.58. The lowest BCUT2D eigenvalue weighted by molar-refractivity contribution is 0.111. The summed E-state index contributed by atoms with van der Waals surface area (Å²) in [5.41, 5.74) is 1.12. The highest BCUT2D eigenvalue weighted by Gasteiger charge is 2.19. The van der Waals surface area contributed by atoms with Gasteiger partial charge in [-0.05, 0) is 43.4 Å². The van der Waals surface area contributed by atoms with Crippen LogP contribution in [0.2, 0.25) is 10.0 Å². The Morgan fingerprint density at radius 3 is 2.76 bits per heavy atom. The van der Waals surface area contributed by atoms with E-state index in [1.807, 2.05) is 18.2 Å². The van der Waals surface area contributed by atoms with Crippen molar-refractivity contribution in [2.24, 2.45) is 0 Å². The minimum atomic E-state index is -0.143. The number of benzene rings is 1. The molecule has 94 valence electrons. The standard InChI is InChI=1S/C13H17Cl2NO/c14-12-5-4-9(6-13(12)15)8-16-10-2-1-3-11(17)7-10/h4-6,10-11,16-17H,1-3,7-8H2. The molecule has 4 heteroatoms. The molecule has 17 heavy (non-hydrogen) atoms. The van der Waals surface area contributed by atoms with Gasteiger partial charge in [-0.15, -0.1) is 0 Å². The van der Waals surface area contributed by atoms with Crippen LogP contribution in [-0.2, 0) is 6.54 Å². The van der Waals surface area contributed by atoms with Crippen LogP contribution in [0.25, 0.3) is 0 Å². The van der Waals surface area contributed by atoms with Crippen LogP contribution in [0.3, 0.4) is 0 Å². The van der Waals surface area contributed by atoms with Crippen LogP contribution < -0.4 is 5.32 Å². The maximum atomic E-state index is 9.58. The lowest BCUT2D eigenvalue weighted by atomic mass is 9.93. The van der Waals surface area contributed by atoms with Gasteiger partial charge in [-0.2, -0.15) is 0 Å². The summed E-state index contributed by atoms with van der Waals surface area (Å²) in [7, 11) is 0. The minimum absolute atomic E-state index is 0.143. The first-order valence-electron chi connectivity index (χ1n) is 6.00. The fraction of sp³-hybridized carbons (Fsp3) is 0.538. The fourth-order valence-electron chi connectivity index (χ4n) is 2.26. The molecule has 1 aliphatic carbocycles. The second-order valence-corrected chi connectivity index (χ2v) is 5.46. The normalized spacial score (nSPS) is 24.9. The Morgan fingerprint density at radius 2 is 2.06 bits per heavy atom. The molecule has 0 heterocycles. The highest BCUT2D eigenvalue weighted by Crippen LogP contribution is 2.23. The van der Waals surface area contributed by atoms with Crippen molar-refractivity contribution in [3.8, 4) is 0 Å². The van der Waals surface area contributed by atoms with Crippen molar-refractivity contribution in [3.05, 3.63) is 33.8 Å². The number of hydrogen-bond acceptors (Lipinski definition) is 2. The van der Waals surface area contributed by atoms with Crippen LogP contribution in [0, 0.1) is 0 Å². The van der Waals surface area contributed by atoms with E-state index in [9.17, 15) is 5.11 Å². The Balaban J connectivity index is 1.86. The van der Waals surface area contributed by atoms with Gasteiger partial charge in [0.25, 0.3) is 0 Å². The highest BCUT2D eigenvalue weighted by molar-refractivity contribution is 6.42. The molecular formula is C13H17Cl2NO. The molecule has 0 radical (unpaired) electrons. The second-order valence-electron chi connectivity index (χ2n) is 4.65. The van der Waals surface area contributed by atoms with Gasteiger partial charge in [-0.25, -0.2) is 0 Å². The van der Waals surface area contributed by atoms with Crippen molar-refractivity contribution in [2.75, 3.05) is 0 Å². The van der Waals surface area contributed by atoms with Crippen molar-refractivity contribution in [1.82, 2.24) is 5.32 Å². The number of rotatable bonds is 3. The SMILES string of the molecule is OC1CCCC(NCc2ccc(Cl)c(Cl)c2)C1. The maximum Gasteiger partial charge on any atom is 0.0595 e. The molecule has 2 N–H and O–H groups in total. The summed E-state index contributed by atoms with van der Waals surface area (Å²) < 4.78 is 0. The number of aliphatic hydroxyl groups excluding tert-OH is 1. The van der Waals surface area contributed by atoms with Gasteiger partial charge in [0.15, 0.2) is 0 Å². The third-order valence-electron chi connectivity index (χ3n) is 3.23. The summed E-state index contributed by atoms with van der Waals surface area (Å²) in [5.74, 6) is 0. The number of aliphatic hydroxyl groups is 1. The molecule has 0 bridgehead atoms. The molecule has 0 amide bonds. The zero-order valence-corrected chi connectivity index (χ0v) is 11.1. The quantitative estimate of drug-likeness (QED) is 0.885. The van der Waals surface area contributed by atoms with Crippen LogP contribution >= 0.6 is 23.2 Å². The van der Waals surface area contributed by atoms with Crippen molar-refractivity contribution in [2.45, 2.75) is 44.4 Å². The topological polar surface area (TPSA) is 32.3 Å². The molecule has 2 unspecified atom stereocenters. The summed E-state index contributed by atoms with van der Waals surface area (Å²) >= 11 is 11.8. The van der Waals surface area contributed by atoms with Crippen molar-refractivity contribution < 1.29 is 5.11 Å². The third kappa shape index (κ3) is 3.85. The Kier molecular flexibility index (Phi) is 4.69. The molecule has 2 atom stereocenters. The summed E-state index contributed by atoms with van der Waals surface area (Å²) in [5, 5.41) is 14.2. The Morgan fingerprint density at radius 1 is 1.24 bits per heavy atom. The molecule has 0 spiro atoms. The third-order valence-corrected chi connectivity index (χ3v) is 3.96. The average Bonchev–Trinajstić information content (AvgIpc) is 2.31. The minimum Gasteiger partial charge on any atom is -0.393 e. The average molecular weight is 274 g/mol. The second kappa shape index (κ2) is 6.05. The molecule has 1 saturated carbocycles. The van der Waals surface area contributed by atoms with Crippen LogP contribution in [0.1, 0.15) is 31.2 Å². The van der Waals surface area contributed by atoms with E-state index in [1.54, 1.807) is 0 Å². The van der Waals surface area contributed by atoms with E-state index in [0.29, 0.717) is 16.1 Å². The van der Waals surface area contributed by atoms with E-state index in [0.717, 1.165) is 37.8 Å². The lowest BCUT2D eigenvalue weighted by Crippen LogP contribution is -2.35. The van der Waals surface area contributed by atoms with Gasteiger partial charge in [0.2, 0.25) is 0 Å². The molecule has 0 aromatic heterocycles. The van der Waals surface area contributed by atoms with E-state index in [1.165, 1.54) is 0 Å². The molecule has 1 aromatic carbocycles. The lowest BCUT2D eigenvalue weighted by Gasteiger charge is -2.26. The van der Waals surface area contributed by atoms with Crippen molar-refractivity contribution in [3.63, 3.8) is 0 Å². The molecule has 1 fully saturated rings. The molecule has 0 saturated heterocycles. The van der Waals surface area contributed by atoms with Gasteiger partial charge >= 0.3 is 0 Å². The number of hydrogen-bond donors (Lipinski definition) is 2. The summed E-state index contributed by atoms with van der Waals surface area (Å²) in [6.45, 7) is 0.772. The number of halogens is 2. The van der Waals surface area contributed by atoms with Gasteiger partial charge in [0.05, 0.1) is 16.1 Å². The first kappa shape index (κ1) is 13.2. The molecule has 1 aromatic rings. The zero-order valence-electron chi connectivity index (χ0n) is 9.63. The van der Waals surface area contributed by atoms with Crippen LogP contribution in [-0.4, -0.2) is 17.3 Å². The van der Waals surface area contributed by atoms with E-state index in [2.05, 4.69) is 5.32 Å². The Hall–Kier alpha value is -0.280. The summed E-state index contributed by atoms with van der Waals surface area (Å²) in [4.78, 5) is 0. The van der Waals surface area contributed by atoms with Crippen LogP contribution in [0.15, 0.2) is 18.2 Å². The molecule has 0 aliphatic heterocycles. The first-order chi connectivity index (χ1) is 8.15.